The van der Waals surface area contributed by atoms with Gasteiger partial charge in [-0.25, -0.2) is 0 Å². The summed E-state index contributed by atoms with van der Waals surface area (Å²) < 4.78 is 0. The van der Waals surface area contributed by atoms with Crippen LogP contribution in [0.1, 0.15) is 6.92 Å². The zero-order valence-electron chi connectivity index (χ0n) is 7.77. The largest absolute Gasteiger partial charge is 0.348 e. The lowest BCUT2D eigenvalue weighted by atomic mass is 10.4. The Morgan fingerprint density at radius 2 is 2.07 bits per heavy atom. The van der Waals surface area contributed by atoms with E-state index in [1.165, 1.54) is 0 Å². The fraction of sp³-hybridized carbons (Fsp3) is 0.200. The van der Waals surface area contributed by atoms with Gasteiger partial charge in [0.25, 0.3) is 0 Å². The molecule has 0 bridgehead atoms. The minimum Gasteiger partial charge on any atom is -0.348 e. The van der Waals surface area contributed by atoms with E-state index in [-0.39, 0.29) is 5.12 Å². The van der Waals surface area contributed by atoms with E-state index in [4.69, 9.17) is 0 Å². The van der Waals surface area contributed by atoms with Gasteiger partial charge in [-0.1, -0.05) is 18.2 Å². The average molecular weight is 209 g/mol. The van der Waals surface area contributed by atoms with E-state index < -0.39 is 6.04 Å². The van der Waals surface area contributed by atoms with Gasteiger partial charge in [-0.3, -0.25) is 9.59 Å². The van der Waals surface area contributed by atoms with Gasteiger partial charge in [0.15, 0.2) is 0 Å². The number of carbonyl (C=O) groups excluding carboxylic acids is 2. The average Bonchev–Trinajstić information content (AvgIpc) is 2.19. The van der Waals surface area contributed by atoms with Crippen molar-refractivity contribution in [2.75, 3.05) is 0 Å². The molecule has 4 heteroatoms. The lowest BCUT2D eigenvalue weighted by molar-refractivity contribution is -0.116. The van der Waals surface area contributed by atoms with Gasteiger partial charge in [-0.2, -0.15) is 0 Å². The summed E-state index contributed by atoms with van der Waals surface area (Å²) in [4.78, 5) is 22.4. The van der Waals surface area contributed by atoms with Crippen LogP contribution in [0.2, 0.25) is 0 Å². The van der Waals surface area contributed by atoms with Crippen molar-refractivity contribution in [3.8, 4) is 0 Å². The van der Waals surface area contributed by atoms with Crippen molar-refractivity contribution < 1.29 is 9.59 Å². The van der Waals surface area contributed by atoms with Crippen molar-refractivity contribution in [3.05, 3.63) is 30.3 Å². The van der Waals surface area contributed by atoms with Crippen LogP contribution in [0.3, 0.4) is 0 Å². The molecule has 0 aliphatic heterocycles. The number of rotatable bonds is 4. The lowest BCUT2D eigenvalue weighted by Gasteiger charge is -2.07. The lowest BCUT2D eigenvalue weighted by Crippen LogP contribution is -2.30. The van der Waals surface area contributed by atoms with E-state index in [0.717, 1.165) is 16.7 Å². The molecule has 1 atom stereocenters. The number of carbonyl (C=O) groups is 2. The third kappa shape index (κ3) is 3.22. The topological polar surface area (TPSA) is 46.2 Å². The molecule has 0 radical (unpaired) electrons. The molecule has 0 aromatic heterocycles. The smallest absolute Gasteiger partial charge is 0.215 e. The van der Waals surface area contributed by atoms with Gasteiger partial charge >= 0.3 is 0 Å². The van der Waals surface area contributed by atoms with E-state index in [9.17, 15) is 9.59 Å². The molecular formula is C10H11NO2S. The maximum Gasteiger partial charge on any atom is 0.215 e. The molecule has 0 spiro atoms. The maximum atomic E-state index is 11.4. The molecule has 74 valence electrons. The Labute approximate surface area is 86.9 Å². The van der Waals surface area contributed by atoms with Gasteiger partial charge in [0, 0.05) is 4.90 Å². The van der Waals surface area contributed by atoms with E-state index >= 15 is 0 Å². The first kappa shape index (κ1) is 10.8. The summed E-state index contributed by atoms with van der Waals surface area (Å²) in [5.41, 5.74) is 0. The second-order valence-electron chi connectivity index (χ2n) is 2.74. The highest BCUT2D eigenvalue weighted by Crippen LogP contribution is 2.19. The van der Waals surface area contributed by atoms with Crippen molar-refractivity contribution in [2.24, 2.45) is 0 Å². The molecule has 1 rings (SSSR count). The molecule has 0 unspecified atom stereocenters. The van der Waals surface area contributed by atoms with E-state index in [1.807, 2.05) is 30.3 Å². The summed E-state index contributed by atoms with van der Waals surface area (Å²) in [5, 5.41) is 2.35. The number of hydrogen-bond acceptors (Lipinski definition) is 3. The Morgan fingerprint density at radius 3 is 2.64 bits per heavy atom. The molecule has 0 saturated heterocycles. The zero-order valence-corrected chi connectivity index (χ0v) is 8.58. The normalized spacial score (nSPS) is 11.8. The minimum atomic E-state index is -0.447. The summed E-state index contributed by atoms with van der Waals surface area (Å²) in [7, 11) is 0. The van der Waals surface area contributed by atoms with Crippen molar-refractivity contribution in [1.29, 1.82) is 0 Å². The van der Waals surface area contributed by atoms with Crippen LogP contribution >= 0.6 is 11.8 Å². The van der Waals surface area contributed by atoms with Crippen LogP contribution < -0.4 is 5.32 Å². The zero-order chi connectivity index (χ0) is 10.4. The predicted octanol–water partition coefficient (Wildman–Crippen LogP) is 1.44. The molecule has 1 aromatic carbocycles. The third-order valence-electron chi connectivity index (χ3n) is 1.63. The molecule has 1 amide bonds. The Morgan fingerprint density at radius 1 is 1.43 bits per heavy atom. The van der Waals surface area contributed by atoms with E-state index in [2.05, 4.69) is 5.32 Å². The van der Waals surface area contributed by atoms with Gasteiger partial charge in [0.05, 0.1) is 6.04 Å². The van der Waals surface area contributed by atoms with Gasteiger partial charge in [-0.15, -0.1) is 0 Å². The van der Waals surface area contributed by atoms with Gasteiger partial charge in [0.2, 0.25) is 11.5 Å². The minimum absolute atomic E-state index is 0.0664. The summed E-state index contributed by atoms with van der Waals surface area (Å²) in [6.45, 7) is 1.66. The van der Waals surface area contributed by atoms with Gasteiger partial charge < -0.3 is 5.32 Å². The van der Waals surface area contributed by atoms with Crippen LogP contribution in [0.15, 0.2) is 35.2 Å². The van der Waals surface area contributed by atoms with Crippen LogP contribution in [0.4, 0.5) is 0 Å². The SMILES string of the molecule is C[C@H](NC=O)C(=O)Sc1ccccc1. The molecule has 3 nitrogen and oxygen atoms in total. The van der Waals surface area contributed by atoms with E-state index in [1.54, 1.807) is 6.92 Å². The second kappa shape index (κ2) is 5.44. The number of amides is 1. The first-order valence-electron chi connectivity index (χ1n) is 4.20. The van der Waals surface area contributed by atoms with Gasteiger partial charge in [0.1, 0.15) is 0 Å². The quantitative estimate of drug-likeness (QED) is 0.603. The fourth-order valence-electron chi connectivity index (χ4n) is 0.863. The summed E-state index contributed by atoms with van der Waals surface area (Å²) in [6.07, 6.45) is 0.536. The molecule has 0 saturated carbocycles. The van der Waals surface area contributed by atoms with Crippen molar-refractivity contribution in [1.82, 2.24) is 5.32 Å². The van der Waals surface area contributed by atoms with Crippen molar-refractivity contribution >= 4 is 23.3 Å². The van der Waals surface area contributed by atoms with Crippen LogP contribution in [-0.4, -0.2) is 17.6 Å². The third-order valence-corrected chi connectivity index (χ3v) is 2.70. The highest BCUT2D eigenvalue weighted by Gasteiger charge is 2.12. The Hall–Kier alpha value is -1.29. The molecule has 1 aromatic rings. The maximum absolute atomic E-state index is 11.4. The van der Waals surface area contributed by atoms with Crippen LogP contribution in [-0.2, 0) is 9.59 Å². The first-order chi connectivity index (χ1) is 6.74. The standard InChI is InChI=1S/C10H11NO2S/c1-8(11-7-12)10(13)14-9-5-3-2-4-6-9/h2-8H,1H3,(H,11,12)/t8-/m0/s1. The molecule has 14 heavy (non-hydrogen) atoms. The number of benzene rings is 1. The Bertz CT molecular complexity index is 313. The summed E-state index contributed by atoms with van der Waals surface area (Å²) >= 11 is 1.13. The van der Waals surface area contributed by atoms with Crippen LogP contribution in [0, 0.1) is 0 Å². The second-order valence-corrected chi connectivity index (χ2v) is 3.82. The molecule has 0 aliphatic carbocycles. The number of thioether (sulfide) groups is 1. The van der Waals surface area contributed by atoms with Crippen LogP contribution in [0.25, 0.3) is 0 Å². The Balaban J connectivity index is 2.53. The van der Waals surface area contributed by atoms with Crippen molar-refractivity contribution in [2.45, 2.75) is 17.9 Å². The van der Waals surface area contributed by atoms with E-state index in [0.29, 0.717) is 6.41 Å². The Kier molecular flexibility index (Phi) is 4.19. The molecular weight excluding hydrogens is 198 g/mol. The molecule has 0 heterocycles. The molecule has 0 fully saturated rings. The summed E-state index contributed by atoms with van der Waals surface area (Å²) in [5.74, 6) is 0. The fourth-order valence-corrected chi connectivity index (χ4v) is 1.63. The number of hydrogen-bond donors (Lipinski definition) is 1. The predicted molar refractivity (Wildman–Crippen MR) is 56.0 cm³/mol. The monoisotopic (exact) mass is 209 g/mol. The van der Waals surface area contributed by atoms with Crippen LogP contribution in [0.5, 0.6) is 0 Å². The van der Waals surface area contributed by atoms with Gasteiger partial charge in [-0.05, 0) is 30.8 Å². The first-order valence-corrected chi connectivity index (χ1v) is 5.02. The highest BCUT2D eigenvalue weighted by molar-refractivity contribution is 8.13. The highest BCUT2D eigenvalue weighted by atomic mass is 32.2. The molecule has 1 N–H and O–H groups in total. The summed E-state index contributed by atoms with van der Waals surface area (Å²) in [6, 6.07) is 8.90. The van der Waals surface area contributed by atoms with Crippen molar-refractivity contribution in [3.63, 3.8) is 0 Å². The molecule has 0 aliphatic rings. The number of nitrogens with one attached hydrogen (secondary N) is 1.